The monoisotopic (exact) mass is 337 g/mol. The van der Waals surface area contributed by atoms with E-state index >= 15 is 0 Å². The molecular weight excluding hydrogens is 318 g/mol. The lowest BCUT2D eigenvalue weighted by molar-refractivity contribution is 0.211. The minimum Gasteiger partial charge on any atom is -0.493 e. The zero-order valence-corrected chi connectivity index (χ0v) is 13.9. The summed E-state index contributed by atoms with van der Waals surface area (Å²) in [6, 6.07) is 19.5. The first-order valence-electron chi connectivity index (χ1n) is 7.90. The molecule has 1 N–H and O–H groups in total. The Kier molecular flexibility index (Phi) is 5.36. The second-order valence-electron chi connectivity index (χ2n) is 5.33. The summed E-state index contributed by atoms with van der Waals surface area (Å²) in [5, 5.41) is 14.1. The lowest BCUT2D eigenvalue weighted by atomic mass is 10.1. The molecule has 3 rings (SSSR count). The van der Waals surface area contributed by atoms with E-state index in [0.717, 1.165) is 11.1 Å². The first-order chi connectivity index (χ1) is 12.3. The first kappa shape index (κ1) is 16.6. The van der Waals surface area contributed by atoms with Gasteiger partial charge in [-0.05, 0) is 35.0 Å². The highest BCUT2D eigenvalue weighted by Gasteiger charge is 2.09. The smallest absolute Gasteiger partial charge is 0.170 e. The molecule has 0 unspecified atom stereocenters. The summed E-state index contributed by atoms with van der Waals surface area (Å²) in [6.45, 7) is 0.714. The molecule has 3 aromatic rings. The summed E-state index contributed by atoms with van der Waals surface area (Å²) in [5.74, 6) is 1.88. The number of para-hydroxylation sites is 1. The van der Waals surface area contributed by atoms with Gasteiger partial charge in [0.25, 0.3) is 0 Å². The van der Waals surface area contributed by atoms with E-state index in [-0.39, 0.29) is 0 Å². The Morgan fingerprint density at radius 1 is 0.920 bits per heavy atom. The Bertz CT molecular complexity index is 876. The molecule has 0 aliphatic heterocycles. The van der Waals surface area contributed by atoms with Crippen molar-refractivity contribution in [2.45, 2.75) is 0 Å². The fourth-order valence-electron chi connectivity index (χ4n) is 2.57. The predicted molar refractivity (Wildman–Crippen MR) is 97.3 cm³/mol. The highest BCUT2D eigenvalue weighted by molar-refractivity contribution is 5.85. The molecule has 0 atom stereocenters. The molecule has 3 aromatic carbocycles. The number of oxime groups is 1. The van der Waals surface area contributed by atoms with E-state index in [1.54, 1.807) is 25.3 Å². The van der Waals surface area contributed by atoms with Gasteiger partial charge in [-0.25, -0.2) is 0 Å². The number of methoxy groups -OCH3 is 1. The quantitative estimate of drug-likeness (QED) is 0.305. The van der Waals surface area contributed by atoms with Gasteiger partial charge in [0.05, 0.1) is 13.3 Å². The third-order valence-corrected chi connectivity index (χ3v) is 3.75. The number of nitrogens with zero attached hydrogens (tertiary/aromatic N) is 1. The van der Waals surface area contributed by atoms with Crippen LogP contribution < -0.4 is 14.2 Å². The molecule has 0 aromatic heterocycles. The number of benzene rings is 3. The molecule has 0 aliphatic rings. The first-order valence-corrected chi connectivity index (χ1v) is 7.90. The average Bonchev–Trinajstić information content (AvgIpc) is 2.66. The molecule has 0 radical (unpaired) electrons. The van der Waals surface area contributed by atoms with Crippen molar-refractivity contribution in [1.82, 2.24) is 0 Å². The topological polar surface area (TPSA) is 60.3 Å². The van der Waals surface area contributed by atoms with Gasteiger partial charge in [0.1, 0.15) is 19.0 Å². The molecule has 5 nitrogen and oxygen atoms in total. The summed E-state index contributed by atoms with van der Waals surface area (Å²) in [6.07, 6.45) is 1.31. The van der Waals surface area contributed by atoms with Crippen LogP contribution in [0.5, 0.6) is 17.2 Å². The van der Waals surface area contributed by atoms with Crippen LogP contribution in [0.2, 0.25) is 0 Å². The normalized spacial score (nSPS) is 10.9. The summed E-state index contributed by atoms with van der Waals surface area (Å²) in [4.78, 5) is 0. The molecule has 0 amide bonds. The highest BCUT2D eigenvalue weighted by Crippen LogP contribution is 2.30. The number of fused-ring (bicyclic) bond motifs is 1. The molecule has 128 valence electrons. The van der Waals surface area contributed by atoms with Crippen molar-refractivity contribution in [3.05, 3.63) is 66.2 Å². The third kappa shape index (κ3) is 4.01. The van der Waals surface area contributed by atoms with E-state index in [1.807, 2.05) is 36.4 Å². The van der Waals surface area contributed by atoms with Crippen LogP contribution in [-0.2, 0) is 0 Å². The SMILES string of the molecule is COc1cccc(/C=N/O)c1OCCOc1ccc2ccccc2c1. The van der Waals surface area contributed by atoms with E-state index in [0.29, 0.717) is 30.3 Å². The summed E-state index contributed by atoms with van der Waals surface area (Å²) < 4.78 is 16.8. The lowest BCUT2D eigenvalue weighted by Gasteiger charge is -2.13. The van der Waals surface area contributed by atoms with Gasteiger partial charge in [-0.3, -0.25) is 0 Å². The largest absolute Gasteiger partial charge is 0.493 e. The summed E-state index contributed by atoms with van der Waals surface area (Å²) in [5.41, 5.74) is 0.632. The maximum atomic E-state index is 8.76. The van der Waals surface area contributed by atoms with Crippen LogP contribution in [0.15, 0.2) is 65.8 Å². The highest BCUT2D eigenvalue weighted by atomic mass is 16.5. The van der Waals surface area contributed by atoms with Gasteiger partial charge < -0.3 is 19.4 Å². The minimum atomic E-state index is 0.333. The van der Waals surface area contributed by atoms with Crippen molar-refractivity contribution in [3.63, 3.8) is 0 Å². The minimum absolute atomic E-state index is 0.333. The number of rotatable bonds is 7. The van der Waals surface area contributed by atoms with Gasteiger partial charge in [0.2, 0.25) is 0 Å². The van der Waals surface area contributed by atoms with Crippen molar-refractivity contribution in [2.75, 3.05) is 20.3 Å². The van der Waals surface area contributed by atoms with Crippen molar-refractivity contribution < 1.29 is 19.4 Å². The molecule has 0 aliphatic carbocycles. The maximum absolute atomic E-state index is 8.76. The van der Waals surface area contributed by atoms with E-state index in [2.05, 4.69) is 11.2 Å². The molecule has 0 heterocycles. The zero-order valence-electron chi connectivity index (χ0n) is 13.9. The van der Waals surface area contributed by atoms with Crippen LogP contribution in [0, 0.1) is 0 Å². The van der Waals surface area contributed by atoms with Gasteiger partial charge in [-0.15, -0.1) is 0 Å². The van der Waals surface area contributed by atoms with Crippen LogP contribution in [0.4, 0.5) is 0 Å². The van der Waals surface area contributed by atoms with Crippen molar-refractivity contribution >= 4 is 17.0 Å². The lowest BCUT2D eigenvalue weighted by Crippen LogP contribution is -2.10. The van der Waals surface area contributed by atoms with E-state index in [4.69, 9.17) is 19.4 Å². The zero-order chi connectivity index (χ0) is 17.5. The molecular formula is C20H19NO4. The van der Waals surface area contributed by atoms with Crippen LogP contribution in [0.3, 0.4) is 0 Å². The van der Waals surface area contributed by atoms with Crippen LogP contribution in [0.25, 0.3) is 10.8 Å². The van der Waals surface area contributed by atoms with Gasteiger partial charge >= 0.3 is 0 Å². The second-order valence-corrected chi connectivity index (χ2v) is 5.33. The maximum Gasteiger partial charge on any atom is 0.170 e. The molecule has 25 heavy (non-hydrogen) atoms. The second kappa shape index (κ2) is 8.06. The Balaban J connectivity index is 1.63. The van der Waals surface area contributed by atoms with E-state index < -0.39 is 0 Å². The fraction of sp³-hybridized carbons (Fsp3) is 0.150. The van der Waals surface area contributed by atoms with E-state index in [9.17, 15) is 0 Å². The molecule has 0 saturated carbocycles. The predicted octanol–water partition coefficient (Wildman–Crippen LogP) is 4.11. The average molecular weight is 337 g/mol. The van der Waals surface area contributed by atoms with Gasteiger partial charge in [-0.2, -0.15) is 0 Å². The van der Waals surface area contributed by atoms with Gasteiger partial charge in [-0.1, -0.05) is 41.6 Å². The third-order valence-electron chi connectivity index (χ3n) is 3.75. The number of hydrogen-bond donors (Lipinski definition) is 1. The molecule has 0 fully saturated rings. The number of ether oxygens (including phenoxy) is 3. The Labute approximate surface area is 146 Å². The number of hydrogen-bond acceptors (Lipinski definition) is 5. The summed E-state index contributed by atoms with van der Waals surface area (Å²) >= 11 is 0. The van der Waals surface area contributed by atoms with Crippen LogP contribution in [-0.4, -0.2) is 31.7 Å². The van der Waals surface area contributed by atoms with Crippen molar-refractivity contribution in [1.29, 1.82) is 0 Å². The molecule has 5 heteroatoms. The Morgan fingerprint density at radius 2 is 1.72 bits per heavy atom. The van der Waals surface area contributed by atoms with Crippen LogP contribution >= 0.6 is 0 Å². The Morgan fingerprint density at radius 3 is 2.52 bits per heavy atom. The fourth-order valence-corrected chi connectivity index (χ4v) is 2.57. The standard InChI is InChI=1S/C20H19NO4/c1-23-19-8-4-7-17(14-21-22)20(19)25-12-11-24-18-10-9-15-5-2-3-6-16(15)13-18/h2-10,13-14,22H,11-12H2,1H3/b21-14+. The Hall–Kier alpha value is -3.21. The van der Waals surface area contributed by atoms with Gasteiger partial charge in [0, 0.05) is 5.56 Å². The molecule has 0 bridgehead atoms. The van der Waals surface area contributed by atoms with Gasteiger partial charge in [0.15, 0.2) is 11.5 Å². The van der Waals surface area contributed by atoms with Crippen molar-refractivity contribution in [3.8, 4) is 17.2 Å². The van der Waals surface area contributed by atoms with Crippen molar-refractivity contribution in [2.24, 2.45) is 5.16 Å². The van der Waals surface area contributed by atoms with E-state index in [1.165, 1.54) is 11.6 Å². The summed E-state index contributed by atoms with van der Waals surface area (Å²) in [7, 11) is 1.56. The van der Waals surface area contributed by atoms with Crippen LogP contribution in [0.1, 0.15) is 5.56 Å². The molecule has 0 spiro atoms. The molecule has 0 saturated heterocycles.